The van der Waals surface area contributed by atoms with E-state index in [1.807, 2.05) is 42.5 Å². The standard InChI is InChI=1S/C67H119NO10/c1-4-7-10-13-16-19-22-25-26-27-28-29-30-31-32-33-34-35-37-39-42-45-48-51-54-60(71)66(75)68-58(59(70)53-50-47-44-41-38-24-21-18-15-12-9-6-3)57-76-67-65(64(74)63(73)61(56-69)77-67)78-62(72)55-52-49-46-43-40-36-23-20-17-14-11-8-5-2/h8,11,14,17,20,23,25-26,36,40,50,53,58-61,63-65,67,69-71,73-74H,4-7,9-10,12-13,15-16,18-19,21-22,24,27-35,37-39,41-49,51-52,54-57H2,1-3H3,(H,68,75)/b11-8+,17-14+,23-20-,26-25+,40-36-,53-50+. The van der Waals surface area contributed by atoms with Gasteiger partial charge in [-0.2, -0.15) is 0 Å². The zero-order valence-electron chi connectivity index (χ0n) is 50.0. The molecule has 0 aromatic rings. The SMILES string of the molecule is CC/C=C/C=C/C=C\C=C/CCCCCC(=O)OC1C(OCC(NC(=O)C(O)CCCCCCCCCCCCCCCC/C=C/CCCCCCCC)C(O)/C=C/CCCCCCCCCCCC)OC(CO)C(O)C1O. The van der Waals surface area contributed by atoms with Crippen molar-refractivity contribution in [2.24, 2.45) is 0 Å². The van der Waals surface area contributed by atoms with Gasteiger partial charge in [-0.15, -0.1) is 0 Å². The lowest BCUT2D eigenvalue weighted by Gasteiger charge is -2.41. The van der Waals surface area contributed by atoms with Gasteiger partial charge in [0.15, 0.2) is 12.4 Å². The Labute approximate surface area is 477 Å². The number of ether oxygens (including phenoxy) is 3. The zero-order valence-corrected chi connectivity index (χ0v) is 50.0. The lowest BCUT2D eigenvalue weighted by molar-refractivity contribution is -0.305. The van der Waals surface area contributed by atoms with E-state index in [2.05, 4.69) is 50.4 Å². The molecule has 78 heavy (non-hydrogen) atoms. The summed E-state index contributed by atoms with van der Waals surface area (Å²) in [5, 5.41) is 57.0. The predicted octanol–water partition coefficient (Wildman–Crippen LogP) is 15.6. The molecule has 0 bridgehead atoms. The number of carbonyl (C=O) groups excluding carboxylic acids is 2. The first-order chi connectivity index (χ1) is 38.2. The monoisotopic (exact) mass is 1100 g/mol. The third-order valence-corrected chi connectivity index (χ3v) is 14.9. The lowest BCUT2D eigenvalue weighted by atomic mass is 9.99. The number of rotatable bonds is 54. The number of hydrogen-bond acceptors (Lipinski definition) is 10. The molecular weight excluding hydrogens is 979 g/mol. The minimum Gasteiger partial charge on any atom is -0.454 e. The highest BCUT2D eigenvalue weighted by Gasteiger charge is 2.47. The van der Waals surface area contributed by atoms with E-state index in [9.17, 15) is 35.1 Å². The van der Waals surface area contributed by atoms with Gasteiger partial charge in [-0.3, -0.25) is 9.59 Å². The number of hydrogen-bond donors (Lipinski definition) is 6. The third-order valence-electron chi connectivity index (χ3n) is 14.9. The highest BCUT2D eigenvalue weighted by atomic mass is 16.7. The molecule has 0 spiro atoms. The second-order valence-electron chi connectivity index (χ2n) is 22.2. The maximum Gasteiger partial charge on any atom is 0.306 e. The first-order valence-electron chi connectivity index (χ1n) is 32.3. The van der Waals surface area contributed by atoms with Gasteiger partial charge in [-0.1, -0.05) is 273 Å². The molecule has 11 nitrogen and oxygen atoms in total. The van der Waals surface area contributed by atoms with E-state index < -0.39 is 67.4 Å². The molecule has 8 atom stereocenters. The number of aliphatic hydroxyl groups is 5. The fourth-order valence-electron chi connectivity index (χ4n) is 9.83. The van der Waals surface area contributed by atoms with E-state index in [0.29, 0.717) is 12.8 Å². The minimum absolute atomic E-state index is 0.0761. The van der Waals surface area contributed by atoms with Crippen LogP contribution in [-0.2, 0) is 23.8 Å². The van der Waals surface area contributed by atoms with Gasteiger partial charge in [0, 0.05) is 6.42 Å². The van der Waals surface area contributed by atoms with Crippen LogP contribution in [0.25, 0.3) is 0 Å². The molecule has 1 amide bonds. The summed E-state index contributed by atoms with van der Waals surface area (Å²) >= 11 is 0. The van der Waals surface area contributed by atoms with Crippen molar-refractivity contribution in [2.75, 3.05) is 13.2 Å². The number of allylic oxidation sites excluding steroid dienone is 11. The number of esters is 1. The number of aliphatic hydroxyl groups excluding tert-OH is 5. The van der Waals surface area contributed by atoms with E-state index in [1.165, 1.54) is 167 Å². The normalized spacial score (nSPS) is 19.4. The number of carbonyl (C=O) groups is 2. The Hall–Kier alpha value is -2.90. The Balaban J connectivity index is 2.61. The van der Waals surface area contributed by atoms with E-state index >= 15 is 0 Å². The summed E-state index contributed by atoms with van der Waals surface area (Å²) in [5.74, 6) is -1.23. The predicted molar refractivity (Wildman–Crippen MR) is 324 cm³/mol. The molecule has 0 radical (unpaired) electrons. The van der Waals surface area contributed by atoms with Gasteiger partial charge >= 0.3 is 5.97 Å². The molecule has 1 aliphatic heterocycles. The summed E-state index contributed by atoms with van der Waals surface area (Å²) in [6.45, 7) is 5.63. The van der Waals surface area contributed by atoms with Gasteiger partial charge in [-0.25, -0.2) is 0 Å². The molecule has 452 valence electrons. The van der Waals surface area contributed by atoms with Gasteiger partial charge in [-0.05, 0) is 70.6 Å². The second kappa shape index (κ2) is 54.7. The minimum atomic E-state index is -1.63. The molecule has 11 heteroatoms. The Morgan fingerprint density at radius 1 is 0.513 bits per heavy atom. The Kier molecular flexibility index (Phi) is 51.3. The van der Waals surface area contributed by atoms with Crippen molar-refractivity contribution in [2.45, 2.75) is 327 Å². The molecular formula is C67H119NO10. The lowest BCUT2D eigenvalue weighted by Crippen LogP contribution is -2.61. The third kappa shape index (κ3) is 42.0. The Bertz CT molecular complexity index is 1540. The summed E-state index contributed by atoms with van der Waals surface area (Å²) in [6.07, 6.45) is 59.6. The summed E-state index contributed by atoms with van der Waals surface area (Å²) in [4.78, 5) is 26.5. The fourth-order valence-corrected chi connectivity index (χ4v) is 9.83. The fraction of sp³-hybridized carbons (Fsp3) is 0.791. The van der Waals surface area contributed by atoms with Crippen LogP contribution < -0.4 is 5.32 Å². The van der Waals surface area contributed by atoms with Gasteiger partial charge < -0.3 is 45.1 Å². The first kappa shape index (κ1) is 73.1. The molecule has 8 unspecified atom stereocenters. The summed E-state index contributed by atoms with van der Waals surface area (Å²) in [5.41, 5.74) is 0. The topological polar surface area (TPSA) is 175 Å². The molecule has 1 rings (SSSR count). The highest BCUT2D eigenvalue weighted by molar-refractivity contribution is 5.80. The van der Waals surface area contributed by atoms with Crippen molar-refractivity contribution in [3.8, 4) is 0 Å². The first-order valence-corrected chi connectivity index (χ1v) is 32.3. The molecule has 1 fully saturated rings. The Morgan fingerprint density at radius 2 is 0.936 bits per heavy atom. The summed E-state index contributed by atoms with van der Waals surface area (Å²) in [6, 6.07) is -1.03. The van der Waals surface area contributed by atoms with Crippen LogP contribution in [0.4, 0.5) is 0 Å². The Morgan fingerprint density at radius 3 is 1.42 bits per heavy atom. The van der Waals surface area contributed by atoms with E-state index in [4.69, 9.17) is 14.2 Å². The van der Waals surface area contributed by atoms with Crippen LogP contribution in [0.3, 0.4) is 0 Å². The molecule has 0 aromatic heterocycles. The van der Waals surface area contributed by atoms with Gasteiger partial charge in [0.1, 0.15) is 24.4 Å². The van der Waals surface area contributed by atoms with Crippen LogP contribution in [0, 0.1) is 0 Å². The maximum atomic E-state index is 13.4. The van der Waals surface area contributed by atoms with E-state index in [1.54, 1.807) is 6.08 Å². The molecule has 0 aromatic carbocycles. The van der Waals surface area contributed by atoms with E-state index in [-0.39, 0.29) is 19.4 Å². The average molecular weight is 1100 g/mol. The van der Waals surface area contributed by atoms with Crippen molar-refractivity contribution >= 4 is 11.9 Å². The average Bonchev–Trinajstić information content (AvgIpc) is 3.44. The summed E-state index contributed by atoms with van der Waals surface area (Å²) in [7, 11) is 0. The number of unbranched alkanes of at least 4 members (excludes halogenated alkanes) is 33. The molecule has 6 N–H and O–H groups in total. The quantitative estimate of drug-likeness (QED) is 0.0149. The second-order valence-corrected chi connectivity index (χ2v) is 22.2. The zero-order chi connectivity index (χ0) is 56.8. The van der Waals surface area contributed by atoms with Gasteiger partial charge in [0.25, 0.3) is 0 Å². The maximum absolute atomic E-state index is 13.4. The smallest absolute Gasteiger partial charge is 0.306 e. The van der Waals surface area contributed by atoms with Crippen molar-refractivity contribution in [3.63, 3.8) is 0 Å². The van der Waals surface area contributed by atoms with Crippen molar-refractivity contribution in [1.29, 1.82) is 0 Å². The number of amides is 1. The van der Waals surface area contributed by atoms with Crippen LogP contribution in [0.15, 0.2) is 72.9 Å². The highest BCUT2D eigenvalue weighted by Crippen LogP contribution is 2.26. The summed E-state index contributed by atoms with van der Waals surface area (Å²) < 4.78 is 17.6. The van der Waals surface area contributed by atoms with Crippen LogP contribution in [-0.4, -0.2) is 99.6 Å². The largest absolute Gasteiger partial charge is 0.454 e. The van der Waals surface area contributed by atoms with Crippen LogP contribution in [0.1, 0.15) is 278 Å². The van der Waals surface area contributed by atoms with Crippen LogP contribution in [0.5, 0.6) is 0 Å². The van der Waals surface area contributed by atoms with Crippen LogP contribution >= 0.6 is 0 Å². The molecule has 1 saturated heterocycles. The molecule has 0 saturated carbocycles. The molecule has 0 aliphatic carbocycles. The van der Waals surface area contributed by atoms with Gasteiger partial charge in [0.05, 0.1) is 25.4 Å². The number of nitrogens with one attached hydrogen (secondary N) is 1. The molecule has 1 aliphatic rings. The van der Waals surface area contributed by atoms with Crippen molar-refractivity contribution < 1.29 is 49.3 Å². The van der Waals surface area contributed by atoms with Crippen molar-refractivity contribution in [3.05, 3.63) is 72.9 Å². The molecule has 1 heterocycles. The van der Waals surface area contributed by atoms with Gasteiger partial charge in [0.2, 0.25) is 5.91 Å². The van der Waals surface area contributed by atoms with Crippen molar-refractivity contribution in [1.82, 2.24) is 5.32 Å². The van der Waals surface area contributed by atoms with Crippen LogP contribution in [0.2, 0.25) is 0 Å². The van der Waals surface area contributed by atoms with E-state index in [0.717, 1.165) is 64.2 Å².